The predicted octanol–water partition coefficient (Wildman–Crippen LogP) is 4.34. The quantitative estimate of drug-likeness (QED) is 0.617. The minimum atomic E-state index is -1.26. The fourth-order valence-electron chi connectivity index (χ4n) is 1.87. The number of rotatable bonds is 5. The Kier molecular flexibility index (Phi) is 6.41. The van der Waals surface area contributed by atoms with Crippen LogP contribution in [0.4, 0.5) is 18.9 Å². The average Bonchev–Trinajstić information content (AvgIpc) is 2.59. The van der Waals surface area contributed by atoms with Gasteiger partial charge in [-0.3, -0.25) is 4.79 Å². The van der Waals surface area contributed by atoms with Crippen molar-refractivity contribution >= 4 is 35.2 Å². The van der Waals surface area contributed by atoms with Crippen LogP contribution in [0.25, 0.3) is 6.08 Å². The number of halogens is 4. The molecule has 4 nitrogen and oxygen atoms in total. The van der Waals surface area contributed by atoms with E-state index in [1.165, 1.54) is 25.1 Å². The maximum absolute atomic E-state index is 13.5. The molecule has 2 rings (SSSR count). The molecule has 2 aromatic carbocycles. The Labute approximate surface area is 152 Å². The fourth-order valence-corrected chi connectivity index (χ4v) is 2.06. The van der Waals surface area contributed by atoms with E-state index in [4.69, 9.17) is 16.3 Å². The Morgan fingerprint density at radius 3 is 2.50 bits per heavy atom. The minimum Gasteiger partial charge on any atom is -0.449 e. The molecule has 136 valence electrons. The summed E-state index contributed by atoms with van der Waals surface area (Å²) in [4.78, 5) is 23.6. The van der Waals surface area contributed by atoms with Crippen LogP contribution in [0, 0.1) is 17.5 Å². The van der Waals surface area contributed by atoms with Crippen molar-refractivity contribution in [3.63, 3.8) is 0 Å². The number of carbonyl (C=O) groups excluding carboxylic acids is 2. The van der Waals surface area contributed by atoms with Crippen LogP contribution < -0.4 is 5.32 Å². The van der Waals surface area contributed by atoms with Crippen molar-refractivity contribution < 1.29 is 27.5 Å². The number of ether oxygens (including phenoxy) is 1. The Bertz CT molecular complexity index is 871. The second-order valence-corrected chi connectivity index (χ2v) is 5.61. The van der Waals surface area contributed by atoms with Gasteiger partial charge in [0.25, 0.3) is 5.91 Å². The number of hydrogen-bond donors (Lipinski definition) is 1. The number of esters is 1. The topological polar surface area (TPSA) is 55.4 Å². The van der Waals surface area contributed by atoms with Crippen molar-refractivity contribution in [2.24, 2.45) is 0 Å². The van der Waals surface area contributed by atoms with E-state index in [-0.39, 0.29) is 10.7 Å². The van der Waals surface area contributed by atoms with Gasteiger partial charge in [-0.25, -0.2) is 18.0 Å². The molecule has 0 aliphatic carbocycles. The molecule has 0 aliphatic rings. The van der Waals surface area contributed by atoms with E-state index in [0.717, 1.165) is 30.3 Å². The third-order valence-electron chi connectivity index (χ3n) is 3.20. The molecule has 1 N–H and O–H groups in total. The van der Waals surface area contributed by atoms with Gasteiger partial charge in [0.1, 0.15) is 17.5 Å². The molecule has 0 saturated carbocycles. The van der Waals surface area contributed by atoms with Crippen LogP contribution in [0.15, 0.2) is 42.5 Å². The summed E-state index contributed by atoms with van der Waals surface area (Å²) < 4.78 is 44.5. The van der Waals surface area contributed by atoms with E-state index in [0.29, 0.717) is 5.56 Å². The molecule has 1 atom stereocenters. The molecule has 0 saturated heterocycles. The van der Waals surface area contributed by atoms with E-state index in [9.17, 15) is 22.8 Å². The van der Waals surface area contributed by atoms with Crippen molar-refractivity contribution in [2.45, 2.75) is 13.0 Å². The summed E-state index contributed by atoms with van der Waals surface area (Å²) >= 11 is 5.62. The molecule has 0 spiro atoms. The molecule has 0 aliphatic heterocycles. The summed E-state index contributed by atoms with van der Waals surface area (Å²) in [5, 5.41) is 2.02. The van der Waals surface area contributed by atoms with Crippen LogP contribution in [0.3, 0.4) is 0 Å². The van der Waals surface area contributed by atoms with Gasteiger partial charge < -0.3 is 10.1 Å². The van der Waals surface area contributed by atoms with E-state index >= 15 is 0 Å². The number of carbonyl (C=O) groups is 2. The lowest BCUT2D eigenvalue weighted by atomic mass is 10.2. The van der Waals surface area contributed by atoms with Gasteiger partial charge in [0, 0.05) is 12.1 Å². The van der Waals surface area contributed by atoms with Crippen LogP contribution in [-0.4, -0.2) is 18.0 Å². The molecular weight excluding hydrogens is 371 g/mol. The monoisotopic (exact) mass is 383 g/mol. The highest BCUT2D eigenvalue weighted by Crippen LogP contribution is 2.17. The van der Waals surface area contributed by atoms with E-state index in [2.05, 4.69) is 5.32 Å². The Morgan fingerprint density at radius 1 is 1.12 bits per heavy atom. The van der Waals surface area contributed by atoms with Gasteiger partial charge in [0.15, 0.2) is 6.10 Å². The van der Waals surface area contributed by atoms with Crippen molar-refractivity contribution in [1.82, 2.24) is 0 Å². The second-order valence-electron chi connectivity index (χ2n) is 5.20. The summed E-state index contributed by atoms with van der Waals surface area (Å²) in [6, 6.07) is 6.41. The fraction of sp³-hybridized carbons (Fsp3) is 0.111. The zero-order valence-electron chi connectivity index (χ0n) is 13.4. The molecule has 0 aromatic heterocycles. The molecule has 0 unspecified atom stereocenters. The lowest BCUT2D eigenvalue weighted by molar-refractivity contribution is -0.148. The first kappa shape index (κ1) is 19.5. The average molecular weight is 384 g/mol. The normalized spacial score (nSPS) is 12.0. The Balaban J connectivity index is 1.95. The largest absolute Gasteiger partial charge is 0.449 e. The summed E-state index contributed by atoms with van der Waals surface area (Å²) in [5.74, 6) is -3.84. The Morgan fingerprint density at radius 2 is 1.81 bits per heavy atom. The third kappa shape index (κ3) is 5.35. The Hall–Kier alpha value is -2.80. The van der Waals surface area contributed by atoms with Gasteiger partial charge in [-0.15, -0.1) is 0 Å². The van der Waals surface area contributed by atoms with Crippen LogP contribution in [-0.2, 0) is 14.3 Å². The van der Waals surface area contributed by atoms with Gasteiger partial charge in [-0.05, 0) is 42.8 Å². The van der Waals surface area contributed by atoms with Gasteiger partial charge in [-0.2, -0.15) is 0 Å². The van der Waals surface area contributed by atoms with Crippen molar-refractivity contribution in [2.75, 3.05) is 5.32 Å². The van der Waals surface area contributed by atoms with Crippen molar-refractivity contribution in [1.29, 1.82) is 0 Å². The first-order valence-corrected chi connectivity index (χ1v) is 7.73. The first-order valence-electron chi connectivity index (χ1n) is 7.36. The molecule has 0 heterocycles. The van der Waals surface area contributed by atoms with E-state index in [1.54, 1.807) is 0 Å². The number of benzene rings is 2. The predicted molar refractivity (Wildman–Crippen MR) is 91.0 cm³/mol. The van der Waals surface area contributed by atoms with Crippen molar-refractivity contribution in [3.8, 4) is 0 Å². The molecule has 0 radical (unpaired) electrons. The second kappa shape index (κ2) is 8.53. The smallest absolute Gasteiger partial charge is 0.331 e. The maximum Gasteiger partial charge on any atom is 0.331 e. The van der Waals surface area contributed by atoms with Gasteiger partial charge in [-0.1, -0.05) is 17.7 Å². The molecule has 0 bridgehead atoms. The lowest BCUT2D eigenvalue weighted by Crippen LogP contribution is -2.29. The lowest BCUT2D eigenvalue weighted by Gasteiger charge is -2.12. The highest BCUT2D eigenvalue weighted by molar-refractivity contribution is 6.30. The molecule has 26 heavy (non-hydrogen) atoms. The molecule has 1 amide bonds. The number of anilines is 1. The SMILES string of the molecule is C[C@H](OC(=O)/C=C/c1ccc(F)c(Cl)c1)C(=O)Nc1cc(F)ccc1F. The zero-order valence-corrected chi connectivity index (χ0v) is 14.2. The molecule has 8 heteroatoms. The van der Waals surface area contributed by atoms with E-state index < -0.39 is 35.4 Å². The summed E-state index contributed by atoms with van der Waals surface area (Å²) in [7, 11) is 0. The first-order chi connectivity index (χ1) is 12.3. The summed E-state index contributed by atoms with van der Waals surface area (Å²) in [5.41, 5.74) is 0.0849. The number of amides is 1. The van der Waals surface area contributed by atoms with Crippen LogP contribution in [0.5, 0.6) is 0 Å². The van der Waals surface area contributed by atoms with Crippen LogP contribution >= 0.6 is 11.6 Å². The molecular formula is C18H13ClF3NO3. The third-order valence-corrected chi connectivity index (χ3v) is 3.49. The highest BCUT2D eigenvalue weighted by Gasteiger charge is 2.18. The van der Waals surface area contributed by atoms with Gasteiger partial charge in [0.2, 0.25) is 0 Å². The van der Waals surface area contributed by atoms with Gasteiger partial charge >= 0.3 is 5.97 Å². The number of nitrogens with one attached hydrogen (secondary N) is 1. The molecule has 2 aromatic rings. The van der Waals surface area contributed by atoms with Gasteiger partial charge in [0.05, 0.1) is 10.7 Å². The zero-order chi connectivity index (χ0) is 19.3. The molecule has 0 fully saturated rings. The maximum atomic E-state index is 13.5. The van der Waals surface area contributed by atoms with Crippen LogP contribution in [0.1, 0.15) is 12.5 Å². The van der Waals surface area contributed by atoms with Crippen LogP contribution in [0.2, 0.25) is 5.02 Å². The standard InChI is InChI=1S/C18H13ClF3NO3/c1-10(18(25)23-16-9-12(20)4-6-15(16)22)26-17(24)7-3-11-2-5-14(21)13(19)8-11/h2-10H,1H3,(H,23,25)/b7-3+/t10-/m0/s1. The van der Waals surface area contributed by atoms with E-state index in [1.807, 2.05) is 0 Å². The summed E-state index contributed by atoms with van der Waals surface area (Å²) in [6.45, 7) is 1.27. The highest BCUT2D eigenvalue weighted by atomic mass is 35.5. The number of hydrogen-bond acceptors (Lipinski definition) is 3. The minimum absolute atomic E-state index is 0.106. The van der Waals surface area contributed by atoms with Crippen molar-refractivity contribution in [3.05, 3.63) is 70.5 Å². The summed E-state index contributed by atoms with van der Waals surface area (Å²) in [6.07, 6.45) is 1.09.